The van der Waals surface area contributed by atoms with Crippen molar-refractivity contribution in [2.45, 2.75) is 49.1 Å². The zero-order chi connectivity index (χ0) is 18.4. The van der Waals surface area contributed by atoms with Crippen molar-refractivity contribution in [1.29, 1.82) is 0 Å². The van der Waals surface area contributed by atoms with Crippen LogP contribution in [-0.2, 0) is 26.4 Å². The van der Waals surface area contributed by atoms with Crippen LogP contribution in [0.25, 0.3) is 0 Å². The molecule has 1 aromatic heterocycles. The van der Waals surface area contributed by atoms with Crippen LogP contribution in [0, 0.1) is 13.8 Å². The van der Waals surface area contributed by atoms with E-state index in [1.807, 2.05) is 0 Å². The second kappa shape index (κ2) is 6.19. The summed E-state index contributed by atoms with van der Waals surface area (Å²) >= 11 is 0. The number of aromatic nitrogens is 3. The van der Waals surface area contributed by atoms with Crippen LogP contribution >= 0.6 is 0 Å². The molecule has 1 atom stereocenters. The van der Waals surface area contributed by atoms with E-state index in [1.54, 1.807) is 11.6 Å². The number of nitrogens with one attached hydrogen (secondary N) is 1. The Kier molecular flexibility index (Phi) is 4.46. The van der Waals surface area contributed by atoms with Crippen LogP contribution < -0.4 is 4.72 Å². The van der Waals surface area contributed by atoms with Crippen LogP contribution in [-0.4, -0.2) is 37.9 Å². The first-order chi connectivity index (χ1) is 11.6. The first kappa shape index (κ1) is 18.0. The monoisotopic (exact) mass is 384 g/mol. The molecule has 2 aromatic rings. The summed E-state index contributed by atoms with van der Waals surface area (Å²) < 4.78 is 54.1. The molecule has 0 radical (unpaired) electrons. The summed E-state index contributed by atoms with van der Waals surface area (Å²) in [6.45, 7) is 3.88. The van der Waals surface area contributed by atoms with Crippen molar-refractivity contribution in [2.75, 3.05) is 6.26 Å². The van der Waals surface area contributed by atoms with Gasteiger partial charge in [0.25, 0.3) is 0 Å². The number of fused-ring (bicyclic) bond motifs is 1. The molecule has 0 spiro atoms. The van der Waals surface area contributed by atoms with Crippen LogP contribution in [0.3, 0.4) is 0 Å². The molecule has 10 heteroatoms. The lowest BCUT2D eigenvalue weighted by Gasteiger charge is -2.23. The van der Waals surface area contributed by atoms with E-state index in [9.17, 15) is 16.8 Å². The first-order valence-corrected chi connectivity index (χ1v) is 11.2. The number of nitrogens with zero attached hydrogens (tertiary/aromatic N) is 3. The third-order valence-electron chi connectivity index (χ3n) is 4.26. The molecular formula is C15H20N4O4S2. The van der Waals surface area contributed by atoms with E-state index < -0.39 is 25.9 Å². The van der Waals surface area contributed by atoms with E-state index in [4.69, 9.17) is 0 Å². The SMILES string of the molecule is Cc1cc(S(C)(=O)=O)c(C)c(S(=O)(=O)N[C@H]2CCCn3ncnc32)c1. The molecule has 0 aliphatic carbocycles. The minimum absolute atomic E-state index is 0.0236. The maximum absolute atomic E-state index is 12.9. The molecule has 25 heavy (non-hydrogen) atoms. The van der Waals surface area contributed by atoms with Gasteiger partial charge >= 0.3 is 0 Å². The summed E-state index contributed by atoms with van der Waals surface area (Å²) in [5.74, 6) is 0.573. The Morgan fingerprint density at radius 3 is 2.52 bits per heavy atom. The maximum Gasteiger partial charge on any atom is 0.241 e. The number of aryl methyl sites for hydroxylation is 2. The Balaban J connectivity index is 2.04. The summed E-state index contributed by atoms with van der Waals surface area (Å²) in [5.41, 5.74) is 0.788. The summed E-state index contributed by atoms with van der Waals surface area (Å²) in [4.78, 5) is 4.15. The van der Waals surface area contributed by atoms with Crippen molar-refractivity contribution >= 4 is 19.9 Å². The van der Waals surface area contributed by atoms with Gasteiger partial charge in [-0.2, -0.15) is 5.10 Å². The average Bonchev–Trinajstić information content (AvgIpc) is 2.97. The molecule has 8 nitrogen and oxygen atoms in total. The van der Waals surface area contributed by atoms with E-state index in [1.165, 1.54) is 25.4 Å². The molecule has 1 aliphatic heterocycles. The predicted molar refractivity (Wildman–Crippen MR) is 91.3 cm³/mol. The molecule has 2 heterocycles. The molecule has 0 fully saturated rings. The fraction of sp³-hybridized carbons (Fsp3) is 0.467. The number of hydrogen-bond acceptors (Lipinski definition) is 6. The summed E-state index contributed by atoms with van der Waals surface area (Å²) in [6, 6.07) is 2.49. The Morgan fingerprint density at radius 2 is 1.84 bits per heavy atom. The van der Waals surface area contributed by atoms with Crippen molar-refractivity contribution in [3.63, 3.8) is 0 Å². The Morgan fingerprint density at radius 1 is 1.16 bits per heavy atom. The first-order valence-electron chi connectivity index (χ1n) is 7.81. The third kappa shape index (κ3) is 3.46. The van der Waals surface area contributed by atoms with Gasteiger partial charge in [0.05, 0.1) is 15.8 Å². The minimum atomic E-state index is -3.91. The number of sulfone groups is 1. The largest absolute Gasteiger partial charge is 0.248 e. The molecule has 0 amide bonds. The van der Waals surface area contributed by atoms with Crippen LogP contribution in [0.15, 0.2) is 28.3 Å². The molecule has 0 unspecified atom stereocenters. The second-order valence-corrected chi connectivity index (χ2v) is 9.98. The van der Waals surface area contributed by atoms with Crippen molar-refractivity contribution < 1.29 is 16.8 Å². The summed E-state index contributed by atoms with van der Waals surface area (Å²) in [5, 5.41) is 4.08. The van der Waals surface area contributed by atoms with Crippen LogP contribution in [0.4, 0.5) is 0 Å². The topological polar surface area (TPSA) is 111 Å². The minimum Gasteiger partial charge on any atom is -0.248 e. The van der Waals surface area contributed by atoms with Crippen LogP contribution in [0.2, 0.25) is 0 Å². The lowest BCUT2D eigenvalue weighted by molar-refractivity contribution is 0.400. The fourth-order valence-corrected chi connectivity index (χ4v) is 5.82. The van der Waals surface area contributed by atoms with E-state index in [2.05, 4.69) is 14.8 Å². The highest BCUT2D eigenvalue weighted by Gasteiger charge is 2.30. The average molecular weight is 384 g/mol. The van der Waals surface area contributed by atoms with E-state index in [0.29, 0.717) is 24.4 Å². The number of sulfonamides is 1. The predicted octanol–water partition coefficient (Wildman–Crippen LogP) is 1.11. The van der Waals surface area contributed by atoms with Gasteiger partial charge in [0.1, 0.15) is 12.2 Å². The highest BCUT2D eigenvalue weighted by molar-refractivity contribution is 7.91. The van der Waals surface area contributed by atoms with Gasteiger partial charge in [-0.05, 0) is 49.9 Å². The summed E-state index contributed by atoms with van der Waals surface area (Å²) in [7, 11) is -7.44. The number of hydrogen-bond donors (Lipinski definition) is 1. The summed E-state index contributed by atoms with van der Waals surface area (Å²) in [6.07, 6.45) is 3.87. The lowest BCUT2D eigenvalue weighted by atomic mass is 10.1. The molecular weight excluding hydrogens is 364 g/mol. The molecule has 1 aliphatic rings. The third-order valence-corrected chi connectivity index (χ3v) is 7.08. The zero-order valence-corrected chi connectivity index (χ0v) is 15.9. The number of benzene rings is 1. The lowest BCUT2D eigenvalue weighted by Crippen LogP contribution is -2.33. The van der Waals surface area contributed by atoms with E-state index >= 15 is 0 Å². The Labute approximate surface area is 147 Å². The van der Waals surface area contributed by atoms with Gasteiger partial charge in [-0.1, -0.05) is 0 Å². The highest BCUT2D eigenvalue weighted by Crippen LogP contribution is 2.28. The fourth-order valence-electron chi connectivity index (χ4n) is 3.11. The Bertz CT molecular complexity index is 1030. The second-order valence-electron chi connectivity index (χ2n) is 6.32. The molecule has 136 valence electrons. The standard InChI is InChI=1S/C15H20N4O4S2/c1-10-7-13(24(3,20)21)11(2)14(8-10)25(22,23)18-12-5-4-6-19-15(12)16-9-17-19/h7-9,12,18H,4-6H2,1-3H3/t12-/m0/s1. The van der Waals surface area contributed by atoms with Gasteiger partial charge in [-0.3, -0.25) is 0 Å². The molecule has 3 rings (SSSR count). The number of rotatable bonds is 4. The van der Waals surface area contributed by atoms with Crippen molar-refractivity contribution in [3.8, 4) is 0 Å². The normalized spacial score (nSPS) is 18.1. The van der Waals surface area contributed by atoms with Gasteiger partial charge < -0.3 is 0 Å². The van der Waals surface area contributed by atoms with Crippen LogP contribution in [0.5, 0.6) is 0 Å². The Hall–Kier alpha value is -1.78. The van der Waals surface area contributed by atoms with Gasteiger partial charge in [0.2, 0.25) is 10.0 Å². The van der Waals surface area contributed by atoms with E-state index in [0.717, 1.165) is 12.7 Å². The van der Waals surface area contributed by atoms with E-state index in [-0.39, 0.29) is 15.4 Å². The quantitative estimate of drug-likeness (QED) is 0.845. The molecule has 1 N–H and O–H groups in total. The molecule has 0 saturated heterocycles. The van der Waals surface area contributed by atoms with Gasteiger partial charge in [0, 0.05) is 12.8 Å². The molecule has 1 aromatic carbocycles. The molecule has 0 bridgehead atoms. The van der Waals surface area contributed by atoms with Gasteiger partial charge in [0.15, 0.2) is 9.84 Å². The van der Waals surface area contributed by atoms with Crippen molar-refractivity contribution in [3.05, 3.63) is 35.4 Å². The van der Waals surface area contributed by atoms with Crippen molar-refractivity contribution in [2.24, 2.45) is 0 Å². The maximum atomic E-state index is 12.9. The zero-order valence-electron chi connectivity index (χ0n) is 14.2. The van der Waals surface area contributed by atoms with Gasteiger partial charge in [-0.15, -0.1) is 0 Å². The van der Waals surface area contributed by atoms with Crippen molar-refractivity contribution in [1.82, 2.24) is 19.5 Å². The highest BCUT2D eigenvalue weighted by atomic mass is 32.2. The van der Waals surface area contributed by atoms with Gasteiger partial charge in [-0.25, -0.2) is 31.2 Å². The van der Waals surface area contributed by atoms with Crippen LogP contribution in [0.1, 0.15) is 35.8 Å². The molecule has 0 saturated carbocycles. The smallest absolute Gasteiger partial charge is 0.241 e.